The lowest BCUT2D eigenvalue weighted by Crippen LogP contribution is -2.32. The molecule has 1 unspecified atom stereocenters. The Morgan fingerprint density at radius 2 is 2.12 bits per heavy atom. The number of guanidine groups is 1. The van der Waals surface area contributed by atoms with Crippen LogP contribution in [0.4, 0.5) is 17.3 Å². The number of aromatic nitrogens is 1. The van der Waals surface area contributed by atoms with Gasteiger partial charge in [-0.2, -0.15) is 10.5 Å². The second kappa shape index (κ2) is 6.37. The van der Waals surface area contributed by atoms with E-state index in [9.17, 15) is 10.4 Å². The summed E-state index contributed by atoms with van der Waals surface area (Å²) in [4.78, 5) is 8.55. The van der Waals surface area contributed by atoms with Crippen molar-refractivity contribution in [1.29, 1.82) is 10.5 Å². The van der Waals surface area contributed by atoms with Crippen molar-refractivity contribution >= 4 is 23.3 Å². The van der Waals surface area contributed by atoms with Crippen molar-refractivity contribution in [1.82, 2.24) is 10.3 Å². The van der Waals surface area contributed by atoms with E-state index in [0.29, 0.717) is 16.9 Å². The molecule has 10 heteroatoms. The Labute approximate surface area is 148 Å². The van der Waals surface area contributed by atoms with Crippen molar-refractivity contribution < 1.29 is 9.84 Å². The van der Waals surface area contributed by atoms with Crippen LogP contribution in [0.5, 0.6) is 11.5 Å². The van der Waals surface area contributed by atoms with Gasteiger partial charge in [-0.1, -0.05) is 6.07 Å². The molecule has 3 rings (SSSR count). The molecule has 0 bridgehead atoms. The minimum absolute atomic E-state index is 0.0363. The zero-order chi connectivity index (χ0) is 18.8. The SMILES string of the molecule is COc1ccc(C2N=C(NC#N)Nc3nc(N)c(C#N)c(N)c32)cc1O. The summed E-state index contributed by atoms with van der Waals surface area (Å²) in [5.74, 6) is 0.579. The first-order valence-electron chi connectivity index (χ1n) is 7.35. The number of methoxy groups -OCH3 is 1. The predicted molar refractivity (Wildman–Crippen MR) is 94.1 cm³/mol. The van der Waals surface area contributed by atoms with Crippen molar-refractivity contribution in [2.24, 2.45) is 4.99 Å². The molecule has 130 valence electrons. The molecule has 26 heavy (non-hydrogen) atoms. The first-order chi connectivity index (χ1) is 12.5. The van der Waals surface area contributed by atoms with Crippen LogP contribution in [0.25, 0.3) is 0 Å². The minimum Gasteiger partial charge on any atom is -0.504 e. The molecule has 10 nitrogen and oxygen atoms in total. The number of hydrogen-bond donors (Lipinski definition) is 5. The van der Waals surface area contributed by atoms with Crippen molar-refractivity contribution in [2.75, 3.05) is 23.9 Å². The fourth-order valence-electron chi connectivity index (χ4n) is 2.70. The topological polar surface area (TPSA) is 178 Å². The van der Waals surface area contributed by atoms with E-state index in [4.69, 9.17) is 21.5 Å². The van der Waals surface area contributed by atoms with Crippen molar-refractivity contribution in [3.8, 4) is 23.8 Å². The van der Waals surface area contributed by atoms with Gasteiger partial charge in [0.25, 0.3) is 0 Å². The average molecular weight is 350 g/mol. The van der Waals surface area contributed by atoms with E-state index in [1.807, 2.05) is 6.07 Å². The van der Waals surface area contributed by atoms with Gasteiger partial charge in [-0.25, -0.2) is 9.98 Å². The standard InChI is InChI=1S/C16H14N8O2/c1-26-10-3-2-7(4-9(10)25)13-11-12(19)8(5-17)14(20)23-15(11)24-16(22-13)21-6-18/h2-4,13,25H,1H3,(H6,19,20,21,22,23,24). The molecule has 7 N–H and O–H groups in total. The summed E-state index contributed by atoms with van der Waals surface area (Å²) >= 11 is 0. The smallest absolute Gasteiger partial charge is 0.211 e. The Hall–Kier alpha value is -4.18. The number of aromatic hydroxyl groups is 1. The molecule has 0 saturated heterocycles. The summed E-state index contributed by atoms with van der Waals surface area (Å²) in [7, 11) is 1.44. The van der Waals surface area contributed by atoms with Gasteiger partial charge in [0.15, 0.2) is 17.7 Å². The highest BCUT2D eigenvalue weighted by atomic mass is 16.5. The van der Waals surface area contributed by atoms with E-state index >= 15 is 0 Å². The zero-order valence-corrected chi connectivity index (χ0v) is 13.6. The zero-order valence-electron chi connectivity index (χ0n) is 13.6. The van der Waals surface area contributed by atoms with Crippen LogP contribution in [-0.4, -0.2) is 23.2 Å². The number of rotatable bonds is 2. The van der Waals surface area contributed by atoms with E-state index in [1.54, 1.807) is 18.3 Å². The number of fused-ring (bicyclic) bond motifs is 1. The number of hydrogen-bond acceptors (Lipinski definition) is 10. The van der Waals surface area contributed by atoms with Crippen molar-refractivity contribution in [3.63, 3.8) is 0 Å². The molecule has 0 fully saturated rings. The van der Waals surface area contributed by atoms with Crippen LogP contribution in [0.3, 0.4) is 0 Å². The van der Waals surface area contributed by atoms with Crippen LogP contribution in [0.1, 0.15) is 22.7 Å². The Balaban J connectivity index is 2.23. The molecule has 0 radical (unpaired) electrons. The molecule has 0 spiro atoms. The largest absolute Gasteiger partial charge is 0.504 e. The molecule has 1 atom stereocenters. The van der Waals surface area contributed by atoms with Gasteiger partial charge in [-0.15, -0.1) is 0 Å². The summed E-state index contributed by atoms with van der Waals surface area (Å²) in [6, 6.07) is 5.93. The number of nitrogens with two attached hydrogens (primary N) is 2. The normalized spacial score (nSPS) is 14.9. The minimum atomic E-state index is -0.723. The van der Waals surface area contributed by atoms with Gasteiger partial charge in [-0.05, 0) is 17.7 Å². The van der Waals surface area contributed by atoms with E-state index in [-0.39, 0.29) is 34.6 Å². The molecule has 1 aliphatic heterocycles. The molecule has 0 aliphatic carbocycles. The van der Waals surface area contributed by atoms with E-state index in [0.717, 1.165) is 0 Å². The highest BCUT2D eigenvalue weighted by Gasteiger charge is 2.30. The number of nitrogens with zero attached hydrogens (tertiary/aromatic N) is 4. The summed E-state index contributed by atoms with van der Waals surface area (Å²) in [5.41, 5.74) is 13.1. The van der Waals surface area contributed by atoms with Crippen LogP contribution >= 0.6 is 0 Å². The maximum absolute atomic E-state index is 10.1. The molecule has 1 aliphatic rings. The monoisotopic (exact) mass is 350 g/mol. The van der Waals surface area contributed by atoms with E-state index in [2.05, 4.69) is 20.6 Å². The van der Waals surface area contributed by atoms with Gasteiger partial charge in [0.1, 0.15) is 29.3 Å². The Morgan fingerprint density at radius 1 is 1.35 bits per heavy atom. The lowest BCUT2D eigenvalue weighted by molar-refractivity contribution is 0.373. The van der Waals surface area contributed by atoms with Gasteiger partial charge in [0, 0.05) is 5.56 Å². The third-order valence-electron chi connectivity index (χ3n) is 3.88. The fraction of sp³-hybridized carbons (Fsp3) is 0.125. The van der Waals surface area contributed by atoms with Crippen LogP contribution in [0.15, 0.2) is 23.2 Å². The van der Waals surface area contributed by atoms with Crippen LogP contribution in [-0.2, 0) is 0 Å². The number of nitrogens with one attached hydrogen (secondary N) is 2. The van der Waals surface area contributed by atoms with E-state index < -0.39 is 6.04 Å². The number of anilines is 3. The van der Waals surface area contributed by atoms with Gasteiger partial charge in [0.2, 0.25) is 5.96 Å². The van der Waals surface area contributed by atoms with Crippen LogP contribution < -0.4 is 26.8 Å². The van der Waals surface area contributed by atoms with Gasteiger partial charge in [0.05, 0.1) is 12.8 Å². The highest BCUT2D eigenvalue weighted by Crippen LogP contribution is 2.42. The van der Waals surface area contributed by atoms with Crippen LogP contribution in [0, 0.1) is 22.8 Å². The predicted octanol–water partition coefficient (Wildman–Crippen LogP) is 0.773. The van der Waals surface area contributed by atoms with Gasteiger partial charge >= 0.3 is 0 Å². The molecule has 2 heterocycles. The first kappa shape index (κ1) is 16.7. The number of pyridine rings is 1. The number of phenols is 1. The number of nitriles is 2. The van der Waals surface area contributed by atoms with Gasteiger partial charge < -0.3 is 26.6 Å². The quantitative estimate of drug-likeness (QED) is 0.386. The lowest BCUT2D eigenvalue weighted by Gasteiger charge is -2.26. The highest BCUT2D eigenvalue weighted by molar-refractivity contribution is 5.98. The summed E-state index contributed by atoms with van der Waals surface area (Å²) in [5, 5.41) is 33.5. The maximum Gasteiger partial charge on any atom is 0.211 e. The second-order valence-corrected chi connectivity index (χ2v) is 5.33. The molecule has 1 aromatic heterocycles. The molecular formula is C16H14N8O2. The Morgan fingerprint density at radius 3 is 2.73 bits per heavy atom. The average Bonchev–Trinajstić information content (AvgIpc) is 2.61. The molecular weight excluding hydrogens is 336 g/mol. The number of aliphatic imine (C=N–C) groups is 1. The Bertz CT molecular complexity index is 1000. The number of nitrogen functional groups attached to an aromatic ring is 2. The number of benzene rings is 1. The summed E-state index contributed by atoms with van der Waals surface area (Å²) in [6.07, 6.45) is 1.77. The number of phenolic OH excluding ortho intramolecular Hbond substituents is 1. The molecule has 2 aromatic rings. The first-order valence-corrected chi connectivity index (χ1v) is 7.35. The van der Waals surface area contributed by atoms with Crippen molar-refractivity contribution in [2.45, 2.75) is 6.04 Å². The fourth-order valence-corrected chi connectivity index (χ4v) is 2.70. The molecule has 0 saturated carbocycles. The summed E-state index contributed by atoms with van der Waals surface area (Å²) < 4.78 is 5.04. The third-order valence-corrected chi connectivity index (χ3v) is 3.88. The summed E-state index contributed by atoms with van der Waals surface area (Å²) in [6.45, 7) is 0. The third kappa shape index (κ3) is 2.61. The maximum atomic E-state index is 10.1. The second-order valence-electron chi connectivity index (χ2n) is 5.33. The van der Waals surface area contributed by atoms with E-state index in [1.165, 1.54) is 13.2 Å². The lowest BCUT2D eigenvalue weighted by atomic mass is 9.95. The van der Waals surface area contributed by atoms with Gasteiger partial charge in [-0.3, -0.25) is 5.32 Å². The Kier molecular flexibility index (Phi) is 4.09. The van der Waals surface area contributed by atoms with Crippen molar-refractivity contribution in [3.05, 3.63) is 34.9 Å². The van der Waals surface area contributed by atoms with Crippen LogP contribution in [0.2, 0.25) is 0 Å². The number of ether oxygens (including phenoxy) is 1. The molecule has 0 amide bonds. The molecule has 1 aromatic carbocycles.